The van der Waals surface area contributed by atoms with Crippen molar-refractivity contribution in [3.8, 4) is 11.3 Å². The van der Waals surface area contributed by atoms with Crippen LogP contribution in [0.1, 0.15) is 17.3 Å². The minimum atomic E-state index is -0.504. The highest BCUT2D eigenvalue weighted by Crippen LogP contribution is 2.26. The molecule has 0 saturated heterocycles. The Morgan fingerprint density at radius 3 is 2.44 bits per heavy atom. The molecule has 1 aromatic heterocycles. The molecule has 3 aromatic rings. The van der Waals surface area contributed by atoms with E-state index in [-0.39, 0.29) is 11.2 Å². The van der Waals surface area contributed by atoms with E-state index in [9.17, 15) is 9.59 Å². The van der Waals surface area contributed by atoms with E-state index in [0.717, 1.165) is 15.7 Å². The zero-order valence-corrected chi connectivity index (χ0v) is 16.8. The first-order chi connectivity index (χ1) is 12.9. The van der Waals surface area contributed by atoms with Crippen LogP contribution in [0, 0.1) is 0 Å². The van der Waals surface area contributed by atoms with Crippen molar-refractivity contribution < 1.29 is 9.59 Å². The summed E-state index contributed by atoms with van der Waals surface area (Å²) in [5.74, 6) is -0.662. The van der Waals surface area contributed by atoms with Gasteiger partial charge in [-0.25, -0.2) is 4.98 Å². The average molecular weight is 445 g/mol. The fourth-order valence-electron chi connectivity index (χ4n) is 2.32. The number of rotatable bonds is 6. The van der Waals surface area contributed by atoms with Gasteiger partial charge in [0.1, 0.15) is 0 Å². The number of primary amides is 1. The van der Waals surface area contributed by atoms with Crippen LogP contribution in [0.15, 0.2) is 64.4 Å². The Balaban J connectivity index is 1.61. The molecule has 0 bridgehead atoms. The van der Waals surface area contributed by atoms with Gasteiger partial charge in [-0.3, -0.25) is 9.59 Å². The summed E-state index contributed by atoms with van der Waals surface area (Å²) in [5, 5.41) is 3.12. The molecule has 4 N–H and O–H groups in total. The molecule has 0 unspecified atom stereocenters. The molecule has 0 fully saturated rings. The van der Waals surface area contributed by atoms with Crippen molar-refractivity contribution in [2.24, 2.45) is 5.73 Å². The van der Waals surface area contributed by atoms with E-state index >= 15 is 0 Å². The van der Waals surface area contributed by atoms with Gasteiger partial charge in [-0.2, -0.15) is 0 Å². The van der Waals surface area contributed by atoms with Gasteiger partial charge in [-0.05, 0) is 48.9 Å². The molecule has 27 heavy (non-hydrogen) atoms. The molecule has 0 aliphatic heterocycles. The van der Waals surface area contributed by atoms with Crippen LogP contribution in [0.3, 0.4) is 0 Å². The number of hydrogen-bond acceptors (Lipinski definition) is 4. The molecule has 0 aliphatic carbocycles. The lowest BCUT2D eigenvalue weighted by molar-refractivity contribution is -0.115. The summed E-state index contributed by atoms with van der Waals surface area (Å²) >= 11 is 4.75. The molecule has 0 saturated carbocycles. The van der Waals surface area contributed by atoms with Gasteiger partial charge in [0.15, 0.2) is 5.16 Å². The summed E-state index contributed by atoms with van der Waals surface area (Å²) < 4.78 is 1.01. The second kappa shape index (κ2) is 8.41. The number of nitrogens with one attached hydrogen (secondary N) is 2. The molecule has 8 heteroatoms. The maximum Gasteiger partial charge on any atom is 0.248 e. The molecular weight excluding hydrogens is 428 g/mol. The van der Waals surface area contributed by atoms with Gasteiger partial charge in [-0.15, -0.1) is 0 Å². The Bertz CT molecular complexity index is 955. The lowest BCUT2D eigenvalue weighted by Gasteiger charge is -2.10. The van der Waals surface area contributed by atoms with Gasteiger partial charge < -0.3 is 16.0 Å². The summed E-state index contributed by atoms with van der Waals surface area (Å²) in [6, 6.07) is 14.3. The number of aromatic nitrogens is 2. The maximum absolute atomic E-state index is 12.4. The number of benzene rings is 2. The molecule has 0 radical (unpaired) electrons. The third-order valence-corrected chi connectivity index (χ3v) is 5.33. The molecule has 2 aromatic carbocycles. The molecule has 2 amide bonds. The van der Waals surface area contributed by atoms with Crippen LogP contribution in [0.4, 0.5) is 5.69 Å². The van der Waals surface area contributed by atoms with Gasteiger partial charge in [0.05, 0.1) is 17.1 Å². The number of imidazole rings is 1. The molecule has 3 rings (SSSR count). The fraction of sp³-hybridized carbons (Fsp3) is 0.105. The van der Waals surface area contributed by atoms with Crippen molar-refractivity contribution in [1.82, 2.24) is 9.97 Å². The number of halogens is 1. The van der Waals surface area contributed by atoms with E-state index in [1.165, 1.54) is 11.8 Å². The van der Waals surface area contributed by atoms with Gasteiger partial charge in [0.2, 0.25) is 11.8 Å². The quantitative estimate of drug-likeness (QED) is 0.498. The van der Waals surface area contributed by atoms with Gasteiger partial charge in [0, 0.05) is 15.7 Å². The normalized spacial score (nSPS) is 11.8. The third-order valence-electron chi connectivity index (χ3n) is 3.80. The molecule has 0 spiro atoms. The Morgan fingerprint density at radius 2 is 1.81 bits per heavy atom. The number of carbonyl (C=O) groups excluding carboxylic acids is 2. The number of H-pyrrole nitrogens is 1. The van der Waals surface area contributed by atoms with Crippen molar-refractivity contribution in [2.45, 2.75) is 17.3 Å². The van der Waals surface area contributed by atoms with Gasteiger partial charge in [-0.1, -0.05) is 39.8 Å². The summed E-state index contributed by atoms with van der Waals surface area (Å²) in [4.78, 5) is 31.0. The van der Waals surface area contributed by atoms with Crippen LogP contribution in [0.5, 0.6) is 0 Å². The van der Waals surface area contributed by atoms with E-state index in [4.69, 9.17) is 5.73 Å². The Labute approximate surface area is 169 Å². The van der Waals surface area contributed by atoms with Crippen LogP contribution < -0.4 is 11.1 Å². The highest BCUT2D eigenvalue weighted by atomic mass is 79.9. The summed E-state index contributed by atoms with van der Waals surface area (Å²) in [6.45, 7) is 1.81. The number of nitrogens with two attached hydrogens (primary N) is 1. The average Bonchev–Trinajstić information content (AvgIpc) is 3.11. The van der Waals surface area contributed by atoms with Crippen LogP contribution >= 0.6 is 27.7 Å². The van der Waals surface area contributed by atoms with E-state index in [0.29, 0.717) is 16.4 Å². The number of thioether (sulfide) groups is 1. The van der Waals surface area contributed by atoms with E-state index < -0.39 is 5.91 Å². The highest BCUT2D eigenvalue weighted by Gasteiger charge is 2.17. The number of carbonyl (C=O) groups is 2. The van der Waals surface area contributed by atoms with Crippen molar-refractivity contribution in [1.29, 1.82) is 0 Å². The van der Waals surface area contributed by atoms with Crippen LogP contribution in [-0.2, 0) is 4.79 Å². The van der Waals surface area contributed by atoms with E-state index in [2.05, 4.69) is 31.2 Å². The summed E-state index contributed by atoms with van der Waals surface area (Å²) in [7, 11) is 0. The molecule has 1 atom stereocenters. The number of amides is 2. The molecule has 0 aliphatic rings. The number of anilines is 1. The zero-order chi connectivity index (χ0) is 19.4. The van der Waals surface area contributed by atoms with E-state index in [1.807, 2.05) is 24.3 Å². The van der Waals surface area contributed by atoms with Gasteiger partial charge in [0.25, 0.3) is 0 Å². The second-order valence-electron chi connectivity index (χ2n) is 5.80. The van der Waals surface area contributed by atoms with Crippen molar-refractivity contribution >= 4 is 45.2 Å². The SMILES string of the molecule is C[C@@H](Sc1ncc(-c2ccc(Br)cc2)[nH]1)C(=O)Nc1ccc(C(N)=O)cc1. The Morgan fingerprint density at radius 1 is 1.15 bits per heavy atom. The van der Waals surface area contributed by atoms with Crippen molar-refractivity contribution in [2.75, 3.05) is 5.32 Å². The van der Waals surface area contributed by atoms with Gasteiger partial charge >= 0.3 is 0 Å². The number of aromatic amines is 1. The monoisotopic (exact) mass is 444 g/mol. The fourth-order valence-corrected chi connectivity index (χ4v) is 3.37. The minimum absolute atomic E-state index is 0.159. The lowest BCUT2D eigenvalue weighted by Crippen LogP contribution is -2.22. The lowest BCUT2D eigenvalue weighted by atomic mass is 10.2. The molecule has 138 valence electrons. The summed E-state index contributed by atoms with van der Waals surface area (Å²) in [5.41, 5.74) is 8.11. The largest absolute Gasteiger partial charge is 0.366 e. The predicted molar refractivity (Wildman–Crippen MR) is 111 cm³/mol. The number of hydrogen-bond donors (Lipinski definition) is 3. The first kappa shape index (κ1) is 19.2. The number of nitrogens with zero attached hydrogens (tertiary/aromatic N) is 1. The van der Waals surface area contributed by atoms with Crippen LogP contribution in [0.2, 0.25) is 0 Å². The topological polar surface area (TPSA) is 101 Å². The molecule has 1 heterocycles. The summed E-state index contributed by atoms with van der Waals surface area (Å²) in [6.07, 6.45) is 1.75. The van der Waals surface area contributed by atoms with Crippen molar-refractivity contribution in [3.05, 3.63) is 64.8 Å². The Hall–Kier alpha value is -2.58. The smallest absolute Gasteiger partial charge is 0.248 e. The van der Waals surface area contributed by atoms with Crippen molar-refractivity contribution in [3.63, 3.8) is 0 Å². The van der Waals surface area contributed by atoms with Crippen LogP contribution in [-0.4, -0.2) is 27.0 Å². The van der Waals surface area contributed by atoms with E-state index in [1.54, 1.807) is 37.4 Å². The standard InChI is InChI=1S/C19H17BrN4O2S/c1-11(18(26)23-15-8-4-13(5-9-15)17(21)25)27-19-22-10-16(24-19)12-2-6-14(20)7-3-12/h2-11H,1H3,(H2,21,25)(H,22,24)(H,23,26)/t11-/m1/s1. The zero-order valence-electron chi connectivity index (χ0n) is 14.4. The maximum atomic E-state index is 12.4. The third kappa shape index (κ3) is 4.99. The minimum Gasteiger partial charge on any atom is -0.366 e. The highest BCUT2D eigenvalue weighted by molar-refractivity contribution is 9.10. The Kier molecular flexibility index (Phi) is 5.98. The second-order valence-corrected chi connectivity index (χ2v) is 8.05. The first-order valence-corrected chi connectivity index (χ1v) is 9.78. The molecule has 6 nitrogen and oxygen atoms in total. The van der Waals surface area contributed by atoms with Crippen LogP contribution in [0.25, 0.3) is 11.3 Å². The first-order valence-electron chi connectivity index (χ1n) is 8.10. The predicted octanol–water partition coefficient (Wildman–Crippen LogP) is 4.06. The molecular formula is C19H17BrN4O2S.